The molecule has 6 nitrogen and oxygen atoms in total. The summed E-state index contributed by atoms with van der Waals surface area (Å²) in [6, 6.07) is 18.7. The van der Waals surface area contributed by atoms with Crippen molar-refractivity contribution in [1.82, 2.24) is 9.91 Å². The van der Waals surface area contributed by atoms with Crippen molar-refractivity contribution in [3.8, 4) is 0 Å². The van der Waals surface area contributed by atoms with Gasteiger partial charge in [0.1, 0.15) is 6.54 Å². The van der Waals surface area contributed by atoms with Gasteiger partial charge in [-0.25, -0.2) is 5.01 Å². The molecule has 2 heterocycles. The van der Waals surface area contributed by atoms with E-state index in [-0.39, 0.29) is 30.9 Å². The molecule has 0 spiro atoms. The molecule has 1 atom stereocenters. The Morgan fingerprint density at radius 3 is 2.59 bits per heavy atom. The number of hydrazone groups is 1. The lowest BCUT2D eigenvalue weighted by atomic mass is 10.00. The number of aryl methyl sites for hydroxylation is 1. The smallest absolute Gasteiger partial charge is 0.262 e. The quantitative estimate of drug-likeness (QED) is 0.432. The van der Waals surface area contributed by atoms with Crippen LogP contribution in [0.4, 0.5) is 0 Å². The molecule has 0 radical (unpaired) electrons. The van der Waals surface area contributed by atoms with Crippen LogP contribution in [0.15, 0.2) is 71.1 Å². The van der Waals surface area contributed by atoms with Crippen molar-refractivity contribution in [2.24, 2.45) is 5.10 Å². The van der Waals surface area contributed by atoms with E-state index in [0.29, 0.717) is 23.6 Å². The van der Waals surface area contributed by atoms with Gasteiger partial charge in [-0.05, 0) is 36.1 Å². The molecule has 2 amide bonds. The Balaban J connectivity index is 1.61. The Hall–Kier alpha value is -3.00. The summed E-state index contributed by atoms with van der Waals surface area (Å²) in [6.07, 6.45) is 0.617. The number of hydrogen-bond donors (Lipinski definition) is 0. The van der Waals surface area contributed by atoms with E-state index in [1.54, 1.807) is 42.7 Å². The first kappa shape index (κ1) is 24.1. The fraction of sp³-hybridized carbons (Fsp3) is 0.269. The van der Waals surface area contributed by atoms with Gasteiger partial charge in [0, 0.05) is 20.1 Å². The normalized spacial score (nSPS) is 15.3. The zero-order valence-electron chi connectivity index (χ0n) is 19.1. The van der Waals surface area contributed by atoms with Crippen LogP contribution in [0.25, 0.3) is 0 Å². The predicted molar refractivity (Wildman–Crippen MR) is 135 cm³/mol. The molecule has 1 aliphatic heterocycles. The van der Waals surface area contributed by atoms with Gasteiger partial charge in [-0.2, -0.15) is 5.10 Å². The molecule has 1 aliphatic rings. The fourth-order valence-electron chi connectivity index (χ4n) is 3.87. The predicted octanol–water partition coefficient (Wildman–Crippen LogP) is 5.18. The minimum Gasteiger partial charge on any atom is -0.383 e. The van der Waals surface area contributed by atoms with Gasteiger partial charge >= 0.3 is 0 Å². The Morgan fingerprint density at radius 1 is 1.15 bits per heavy atom. The summed E-state index contributed by atoms with van der Waals surface area (Å²) in [6.45, 7) is 2.46. The third-order valence-corrected chi connectivity index (χ3v) is 6.96. The topological polar surface area (TPSA) is 62.2 Å². The Bertz CT molecular complexity index is 1180. The van der Waals surface area contributed by atoms with Gasteiger partial charge < -0.3 is 9.64 Å². The van der Waals surface area contributed by atoms with Crippen LogP contribution in [-0.4, -0.2) is 54.2 Å². The van der Waals surface area contributed by atoms with E-state index in [0.717, 1.165) is 21.7 Å². The first-order chi connectivity index (χ1) is 16.5. The average Bonchev–Trinajstić information content (AvgIpc) is 3.52. The van der Waals surface area contributed by atoms with Crippen molar-refractivity contribution in [2.45, 2.75) is 19.4 Å². The van der Waals surface area contributed by atoms with E-state index in [2.05, 4.69) is 0 Å². The molecule has 4 rings (SSSR count). The number of ether oxygens (including phenoxy) is 1. The second kappa shape index (κ2) is 11.0. The largest absolute Gasteiger partial charge is 0.383 e. The van der Waals surface area contributed by atoms with Crippen molar-refractivity contribution in [3.05, 3.63) is 92.6 Å². The highest BCUT2D eigenvalue weighted by Gasteiger charge is 2.35. The number of carbonyl (C=O) groups excluding carboxylic acids is 2. The molecular formula is C26H26ClN3O3S. The molecule has 0 N–H and O–H groups in total. The molecule has 0 aliphatic carbocycles. The first-order valence-corrected chi connectivity index (χ1v) is 12.3. The Morgan fingerprint density at radius 2 is 1.91 bits per heavy atom. The summed E-state index contributed by atoms with van der Waals surface area (Å²) in [5.41, 5.74) is 3.38. The number of benzene rings is 2. The van der Waals surface area contributed by atoms with E-state index < -0.39 is 0 Å². The van der Waals surface area contributed by atoms with E-state index >= 15 is 0 Å². The van der Waals surface area contributed by atoms with E-state index in [9.17, 15) is 9.59 Å². The standard InChI is InChI=1S/C26H26ClN3O3S/c1-18-9-11-19(12-10-18)23-16-22(24-8-5-15-34-24)28-30(23)25(31)17-29(13-14-33-2)26(32)20-6-3-4-7-21(20)27/h3-12,15,23H,13-14,16-17H2,1-2H3. The summed E-state index contributed by atoms with van der Waals surface area (Å²) >= 11 is 7.86. The first-order valence-electron chi connectivity index (χ1n) is 11.0. The molecule has 0 fully saturated rings. The van der Waals surface area contributed by atoms with E-state index in [1.807, 2.05) is 48.7 Å². The third kappa shape index (κ3) is 5.38. The molecule has 0 bridgehead atoms. The number of nitrogens with zero attached hydrogens (tertiary/aromatic N) is 3. The summed E-state index contributed by atoms with van der Waals surface area (Å²) in [5.74, 6) is -0.571. The maximum atomic E-state index is 13.6. The maximum absolute atomic E-state index is 13.6. The lowest BCUT2D eigenvalue weighted by Crippen LogP contribution is -2.42. The van der Waals surface area contributed by atoms with Crippen LogP contribution in [0.2, 0.25) is 5.02 Å². The fourth-order valence-corrected chi connectivity index (χ4v) is 4.81. The molecule has 34 heavy (non-hydrogen) atoms. The second-order valence-electron chi connectivity index (χ2n) is 8.09. The van der Waals surface area contributed by atoms with Crippen molar-refractivity contribution in [3.63, 3.8) is 0 Å². The number of rotatable bonds is 8. The van der Waals surface area contributed by atoms with Gasteiger partial charge in [-0.3, -0.25) is 9.59 Å². The van der Waals surface area contributed by atoms with Crippen molar-refractivity contribution < 1.29 is 14.3 Å². The highest BCUT2D eigenvalue weighted by atomic mass is 35.5. The molecule has 0 saturated heterocycles. The number of amides is 2. The van der Waals surface area contributed by atoms with Crippen LogP contribution >= 0.6 is 22.9 Å². The third-order valence-electron chi connectivity index (χ3n) is 5.72. The Kier molecular flexibility index (Phi) is 7.77. The van der Waals surface area contributed by atoms with Gasteiger partial charge in [0.2, 0.25) is 0 Å². The number of carbonyl (C=O) groups is 2. The molecular weight excluding hydrogens is 470 g/mol. The van der Waals surface area contributed by atoms with Gasteiger partial charge in [-0.1, -0.05) is 59.6 Å². The van der Waals surface area contributed by atoms with Gasteiger partial charge in [0.15, 0.2) is 0 Å². The monoisotopic (exact) mass is 495 g/mol. The molecule has 176 valence electrons. The average molecular weight is 496 g/mol. The van der Waals surface area contributed by atoms with Crippen LogP contribution in [0.3, 0.4) is 0 Å². The van der Waals surface area contributed by atoms with Crippen LogP contribution < -0.4 is 0 Å². The van der Waals surface area contributed by atoms with Crippen LogP contribution in [0, 0.1) is 6.92 Å². The number of hydrogen-bond acceptors (Lipinski definition) is 5. The molecule has 1 unspecified atom stereocenters. The molecule has 2 aromatic carbocycles. The summed E-state index contributed by atoms with van der Waals surface area (Å²) < 4.78 is 5.19. The van der Waals surface area contributed by atoms with Crippen molar-refractivity contribution in [2.75, 3.05) is 26.8 Å². The summed E-state index contributed by atoms with van der Waals surface area (Å²) in [7, 11) is 1.56. The highest BCUT2D eigenvalue weighted by Crippen LogP contribution is 2.34. The number of halogens is 1. The van der Waals surface area contributed by atoms with Crippen LogP contribution in [-0.2, 0) is 9.53 Å². The number of methoxy groups -OCH3 is 1. The second-order valence-corrected chi connectivity index (χ2v) is 9.45. The summed E-state index contributed by atoms with van der Waals surface area (Å²) in [5, 5.41) is 8.58. The lowest BCUT2D eigenvalue weighted by molar-refractivity contribution is -0.133. The van der Waals surface area contributed by atoms with Gasteiger partial charge in [0.05, 0.1) is 33.8 Å². The Labute approximate surface area is 208 Å². The van der Waals surface area contributed by atoms with Gasteiger partial charge in [-0.15, -0.1) is 11.3 Å². The summed E-state index contributed by atoms with van der Waals surface area (Å²) in [4.78, 5) is 29.3. The van der Waals surface area contributed by atoms with E-state index in [1.165, 1.54) is 9.91 Å². The minimum absolute atomic E-state index is 0.128. The van der Waals surface area contributed by atoms with Gasteiger partial charge in [0.25, 0.3) is 11.8 Å². The van der Waals surface area contributed by atoms with E-state index in [4.69, 9.17) is 21.4 Å². The molecule has 3 aromatic rings. The maximum Gasteiger partial charge on any atom is 0.262 e. The SMILES string of the molecule is COCCN(CC(=O)N1N=C(c2cccs2)CC1c1ccc(C)cc1)C(=O)c1ccccc1Cl. The number of thiophene rings is 1. The van der Waals surface area contributed by atoms with Crippen LogP contribution in [0.1, 0.15) is 38.8 Å². The zero-order chi connectivity index (χ0) is 24.1. The zero-order valence-corrected chi connectivity index (χ0v) is 20.7. The highest BCUT2D eigenvalue weighted by molar-refractivity contribution is 7.12. The minimum atomic E-state index is -0.315. The van der Waals surface area contributed by atoms with Crippen molar-refractivity contribution in [1.29, 1.82) is 0 Å². The molecule has 1 aromatic heterocycles. The lowest BCUT2D eigenvalue weighted by Gasteiger charge is -2.27. The molecule has 8 heteroatoms. The van der Waals surface area contributed by atoms with Crippen molar-refractivity contribution >= 4 is 40.5 Å². The molecule has 0 saturated carbocycles. The van der Waals surface area contributed by atoms with Crippen LogP contribution in [0.5, 0.6) is 0 Å².